The molecule has 0 aliphatic carbocycles. The predicted octanol–water partition coefficient (Wildman–Crippen LogP) is 2.81. The van der Waals surface area contributed by atoms with Crippen LogP contribution in [-0.4, -0.2) is 23.9 Å². The van der Waals surface area contributed by atoms with Gasteiger partial charge in [-0.3, -0.25) is 4.99 Å². The Balaban J connectivity index is 2.30. The van der Waals surface area contributed by atoms with Crippen LogP contribution >= 0.6 is 11.6 Å². The fraction of sp³-hybridized carbons (Fsp3) is 0.462. The first-order valence-corrected chi connectivity index (χ1v) is 6.38. The molecule has 98 valence electrons. The van der Waals surface area contributed by atoms with Crippen molar-refractivity contribution in [3.8, 4) is 0 Å². The van der Waals surface area contributed by atoms with Gasteiger partial charge in [-0.05, 0) is 24.1 Å². The maximum absolute atomic E-state index is 13.9. The van der Waals surface area contributed by atoms with Crippen LogP contribution in [0.2, 0.25) is 5.02 Å². The molecule has 0 saturated carbocycles. The van der Waals surface area contributed by atoms with E-state index >= 15 is 0 Å². The summed E-state index contributed by atoms with van der Waals surface area (Å²) in [5.41, 5.74) is 6.43. The third kappa shape index (κ3) is 2.58. The molecule has 1 atom stereocenters. The Morgan fingerprint density at radius 1 is 1.56 bits per heavy atom. The zero-order valence-electron chi connectivity index (χ0n) is 10.5. The predicted molar refractivity (Wildman–Crippen MR) is 72.2 cm³/mol. The van der Waals surface area contributed by atoms with Crippen molar-refractivity contribution in [1.29, 1.82) is 0 Å². The lowest BCUT2D eigenvalue weighted by Crippen LogP contribution is -2.38. The van der Waals surface area contributed by atoms with Crippen LogP contribution in [0.15, 0.2) is 23.2 Å². The van der Waals surface area contributed by atoms with E-state index in [-0.39, 0.29) is 11.9 Å². The number of nitrogens with two attached hydrogens (primary N) is 1. The lowest BCUT2D eigenvalue weighted by Gasteiger charge is -2.28. The minimum absolute atomic E-state index is 0.147. The Morgan fingerprint density at radius 3 is 2.94 bits per heavy atom. The molecule has 1 aliphatic heterocycles. The van der Waals surface area contributed by atoms with E-state index in [1.165, 1.54) is 6.07 Å². The highest BCUT2D eigenvalue weighted by Gasteiger charge is 2.29. The van der Waals surface area contributed by atoms with Crippen LogP contribution in [0.1, 0.15) is 25.5 Å². The third-order valence-electron chi connectivity index (χ3n) is 2.98. The lowest BCUT2D eigenvalue weighted by atomic mass is 10.0. The van der Waals surface area contributed by atoms with Crippen molar-refractivity contribution in [1.82, 2.24) is 4.90 Å². The van der Waals surface area contributed by atoms with Crippen LogP contribution in [-0.2, 0) is 0 Å². The smallest absolute Gasteiger partial charge is 0.191 e. The van der Waals surface area contributed by atoms with Gasteiger partial charge < -0.3 is 10.6 Å². The van der Waals surface area contributed by atoms with Gasteiger partial charge in [-0.15, -0.1) is 0 Å². The largest absolute Gasteiger partial charge is 0.370 e. The highest BCUT2D eigenvalue weighted by Crippen LogP contribution is 2.30. The Kier molecular flexibility index (Phi) is 3.76. The number of guanidine groups is 1. The van der Waals surface area contributed by atoms with Gasteiger partial charge in [-0.25, -0.2) is 4.39 Å². The highest BCUT2D eigenvalue weighted by atomic mass is 35.5. The Bertz CT molecular complexity index is 473. The van der Waals surface area contributed by atoms with Gasteiger partial charge in [0.05, 0.1) is 12.6 Å². The SMILES string of the molecule is CC(C)CN1C(N)=NCC1c1cc(Cl)ccc1F. The molecule has 0 amide bonds. The zero-order valence-corrected chi connectivity index (χ0v) is 11.3. The molecule has 0 saturated heterocycles. The second-order valence-electron chi connectivity index (χ2n) is 4.93. The van der Waals surface area contributed by atoms with Crippen molar-refractivity contribution in [3.63, 3.8) is 0 Å². The summed E-state index contributed by atoms with van der Waals surface area (Å²) in [7, 11) is 0. The average molecular weight is 270 g/mol. The molecule has 1 unspecified atom stereocenters. The molecule has 18 heavy (non-hydrogen) atoms. The molecule has 1 aromatic rings. The number of hydrogen-bond donors (Lipinski definition) is 1. The van der Waals surface area contributed by atoms with E-state index in [1.807, 2.05) is 4.90 Å². The van der Waals surface area contributed by atoms with E-state index < -0.39 is 0 Å². The molecule has 0 fully saturated rings. The summed E-state index contributed by atoms with van der Waals surface area (Å²) in [5, 5.41) is 0.529. The van der Waals surface area contributed by atoms with Crippen LogP contribution in [0.3, 0.4) is 0 Å². The summed E-state index contributed by atoms with van der Waals surface area (Å²) in [6, 6.07) is 4.45. The van der Waals surface area contributed by atoms with Crippen molar-refractivity contribution < 1.29 is 4.39 Å². The van der Waals surface area contributed by atoms with Crippen LogP contribution in [0.25, 0.3) is 0 Å². The van der Waals surface area contributed by atoms with Gasteiger partial charge in [-0.1, -0.05) is 25.4 Å². The molecule has 1 heterocycles. The van der Waals surface area contributed by atoms with Gasteiger partial charge >= 0.3 is 0 Å². The number of benzene rings is 1. The Labute approximate surface area is 111 Å². The maximum atomic E-state index is 13.9. The summed E-state index contributed by atoms with van der Waals surface area (Å²) in [6.07, 6.45) is 0. The van der Waals surface area contributed by atoms with E-state index in [2.05, 4.69) is 18.8 Å². The Morgan fingerprint density at radius 2 is 2.28 bits per heavy atom. The number of rotatable bonds is 3. The highest BCUT2D eigenvalue weighted by molar-refractivity contribution is 6.30. The molecule has 3 nitrogen and oxygen atoms in total. The van der Waals surface area contributed by atoms with Crippen molar-refractivity contribution in [2.24, 2.45) is 16.6 Å². The molecule has 0 aromatic heterocycles. The number of halogens is 2. The first-order chi connectivity index (χ1) is 8.49. The molecule has 0 spiro atoms. The molecule has 2 rings (SSSR count). The molecule has 5 heteroatoms. The Hall–Kier alpha value is -1.29. The molecule has 2 N–H and O–H groups in total. The van der Waals surface area contributed by atoms with Gasteiger partial charge in [0.2, 0.25) is 0 Å². The normalized spacial score (nSPS) is 19.5. The summed E-state index contributed by atoms with van der Waals surface area (Å²) < 4.78 is 13.9. The summed E-state index contributed by atoms with van der Waals surface area (Å²) >= 11 is 5.93. The molecular weight excluding hydrogens is 253 g/mol. The van der Waals surface area contributed by atoms with E-state index in [1.54, 1.807) is 12.1 Å². The number of nitrogens with zero attached hydrogens (tertiary/aromatic N) is 2. The summed E-state index contributed by atoms with van der Waals surface area (Å²) in [6.45, 7) is 5.43. The summed E-state index contributed by atoms with van der Waals surface area (Å²) in [5.74, 6) is 0.651. The molecule has 1 aromatic carbocycles. The van der Waals surface area contributed by atoms with Crippen LogP contribution < -0.4 is 5.73 Å². The zero-order chi connectivity index (χ0) is 13.3. The van der Waals surface area contributed by atoms with Crippen molar-refractivity contribution >= 4 is 17.6 Å². The van der Waals surface area contributed by atoms with E-state index in [0.29, 0.717) is 29.0 Å². The minimum atomic E-state index is -0.261. The van der Waals surface area contributed by atoms with Gasteiger partial charge in [0, 0.05) is 17.1 Å². The van der Waals surface area contributed by atoms with Crippen molar-refractivity contribution in [2.45, 2.75) is 19.9 Å². The van der Waals surface area contributed by atoms with Gasteiger partial charge in [-0.2, -0.15) is 0 Å². The van der Waals surface area contributed by atoms with Gasteiger partial charge in [0.1, 0.15) is 5.82 Å². The molecule has 0 radical (unpaired) electrons. The summed E-state index contributed by atoms with van der Waals surface area (Å²) in [4.78, 5) is 6.15. The van der Waals surface area contributed by atoms with Crippen LogP contribution in [0, 0.1) is 11.7 Å². The topological polar surface area (TPSA) is 41.6 Å². The number of hydrogen-bond acceptors (Lipinski definition) is 3. The molecular formula is C13H17ClFN3. The maximum Gasteiger partial charge on any atom is 0.191 e. The van der Waals surface area contributed by atoms with E-state index in [4.69, 9.17) is 17.3 Å². The molecule has 1 aliphatic rings. The number of aliphatic imine (C=N–C) groups is 1. The first kappa shape index (κ1) is 13.1. The van der Waals surface area contributed by atoms with Crippen molar-refractivity contribution in [3.05, 3.63) is 34.6 Å². The molecule has 0 bridgehead atoms. The van der Waals surface area contributed by atoms with Crippen LogP contribution in [0.5, 0.6) is 0 Å². The second-order valence-corrected chi connectivity index (χ2v) is 5.36. The third-order valence-corrected chi connectivity index (χ3v) is 3.21. The van der Waals surface area contributed by atoms with Gasteiger partial charge in [0.25, 0.3) is 0 Å². The van der Waals surface area contributed by atoms with Gasteiger partial charge in [0.15, 0.2) is 5.96 Å². The quantitative estimate of drug-likeness (QED) is 0.917. The van der Waals surface area contributed by atoms with Crippen LogP contribution in [0.4, 0.5) is 4.39 Å². The fourth-order valence-corrected chi connectivity index (χ4v) is 2.36. The first-order valence-electron chi connectivity index (χ1n) is 6.00. The monoisotopic (exact) mass is 269 g/mol. The van der Waals surface area contributed by atoms with E-state index in [9.17, 15) is 4.39 Å². The van der Waals surface area contributed by atoms with Crippen molar-refractivity contribution in [2.75, 3.05) is 13.1 Å². The average Bonchev–Trinajstić information content (AvgIpc) is 2.64. The minimum Gasteiger partial charge on any atom is -0.370 e. The fourth-order valence-electron chi connectivity index (χ4n) is 2.18. The second kappa shape index (κ2) is 5.14. The standard InChI is InChI=1S/C13H17ClFN3/c1-8(2)7-18-12(6-17-13(18)16)10-5-9(14)3-4-11(10)15/h3-5,8,12H,6-7H2,1-2H3,(H2,16,17). The van der Waals surface area contributed by atoms with E-state index in [0.717, 1.165) is 6.54 Å². The lowest BCUT2D eigenvalue weighted by molar-refractivity contribution is 0.303.